The Labute approximate surface area is 158 Å². The van der Waals surface area contributed by atoms with Gasteiger partial charge in [-0.25, -0.2) is 4.68 Å². The third-order valence-electron chi connectivity index (χ3n) is 4.14. The minimum atomic E-state index is -0.295. The summed E-state index contributed by atoms with van der Waals surface area (Å²) in [6.07, 6.45) is 0.823. The molecule has 1 aromatic carbocycles. The lowest BCUT2D eigenvalue weighted by molar-refractivity contribution is -0.121. The Morgan fingerprint density at radius 2 is 2.08 bits per heavy atom. The first-order chi connectivity index (χ1) is 12.5. The maximum absolute atomic E-state index is 12.4. The van der Waals surface area contributed by atoms with Gasteiger partial charge in [0.1, 0.15) is 5.76 Å². The number of fused-ring (bicyclic) bond motifs is 1. The summed E-state index contributed by atoms with van der Waals surface area (Å²) in [5.74, 6) is 0.518. The topological polar surface area (TPSA) is 90.0 Å². The molecule has 3 aromatic rings. The van der Waals surface area contributed by atoms with Gasteiger partial charge >= 0.3 is 0 Å². The van der Waals surface area contributed by atoms with Crippen LogP contribution in [0.1, 0.15) is 29.9 Å². The Morgan fingerprint density at radius 3 is 2.85 bits per heavy atom. The first kappa shape index (κ1) is 18.3. The molecule has 3 rings (SSSR count). The van der Waals surface area contributed by atoms with Crippen molar-refractivity contribution in [2.24, 2.45) is 0 Å². The summed E-state index contributed by atoms with van der Waals surface area (Å²) in [5, 5.41) is 11.7. The molecule has 2 heterocycles. The van der Waals surface area contributed by atoms with Crippen molar-refractivity contribution >= 4 is 32.7 Å². The number of aromatic nitrogens is 3. The average molecular weight is 419 g/mol. The van der Waals surface area contributed by atoms with Crippen molar-refractivity contribution in [3.8, 4) is 0 Å². The minimum absolute atomic E-state index is 0.0658. The molecule has 1 amide bonds. The van der Waals surface area contributed by atoms with Crippen LogP contribution in [-0.4, -0.2) is 20.8 Å². The van der Waals surface area contributed by atoms with Crippen molar-refractivity contribution in [2.75, 3.05) is 0 Å². The molecule has 7 nitrogen and oxygen atoms in total. The fourth-order valence-corrected chi connectivity index (χ4v) is 3.23. The molecule has 0 aliphatic rings. The zero-order chi connectivity index (χ0) is 18.7. The molecule has 26 heavy (non-hydrogen) atoms. The second kappa shape index (κ2) is 7.82. The number of carbonyl (C=O) groups is 1. The van der Waals surface area contributed by atoms with Gasteiger partial charge in [-0.1, -0.05) is 39.3 Å². The number of aryl methyl sites for hydroxylation is 3. The van der Waals surface area contributed by atoms with Gasteiger partial charge in [-0.3, -0.25) is 9.59 Å². The number of hydrogen-bond acceptors (Lipinski definition) is 5. The minimum Gasteiger partial charge on any atom is -0.360 e. The molecule has 0 saturated heterocycles. The highest BCUT2D eigenvalue weighted by molar-refractivity contribution is 9.10. The van der Waals surface area contributed by atoms with E-state index in [2.05, 4.69) is 31.5 Å². The van der Waals surface area contributed by atoms with E-state index in [9.17, 15) is 9.59 Å². The Kier molecular flexibility index (Phi) is 5.51. The van der Waals surface area contributed by atoms with E-state index < -0.39 is 0 Å². The van der Waals surface area contributed by atoms with Crippen LogP contribution in [0, 0.1) is 13.8 Å². The number of nitrogens with one attached hydrogen (secondary N) is 1. The van der Waals surface area contributed by atoms with Gasteiger partial charge in [0.15, 0.2) is 5.52 Å². The van der Waals surface area contributed by atoms with Crippen LogP contribution in [0.25, 0.3) is 10.9 Å². The largest absolute Gasteiger partial charge is 0.360 e. The normalized spacial score (nSPS) is 11.0. The van der Waals surface area contributed by atoms with Crippen LogP contribution in [0.15, 0.2) is 38.1 Å². The highest BCUT2D eigenvalue weighted by Crippen LogP contribution is 2.17. The summed E-state index contributed by atoms with van der Waals surface area (Å²) in [6, 6.07) is 7.74. The number of hydrogen-bond donors (Lipinski definition) is 1. The molecule has 136 valence electrons. The Morgan fingerprint density at radius 1 is 1.31 bits per heavy atom. The van der Waals surface area contributed by atoms with E-state index in [4.69, 9.17) is 4.52 Å². The van der Waals surface area contributed by atoms with Crippen LogP contribution in [0.3, 0.4) is 0 Å². The van der Waals surface area contributed by atoms with Gasteiger partial charge in [0.25, 0.3) is 5.56 Å². The molecule has 0 spiro atoms. The number of benzene rings is 1. The summed E-state index contributed by atoms with van der Waals surface area (Å²) in [7, 11) is 0. The van der Waals surface area contributed by atoms with Crippen molar-refractivity contribution < 1.29 is 9.32 Å². The van der Waals surface area contributed by atoms with E-state index in [0.29, 0.717) is 42.8 Å². The van der Waals surface area contributed by atoms with E-state index in [0.717, 1.165) is 10.0 Å². The third kappa shape index (κ3) is 3.85. The summed E-state index contributed by atoms with van der Waals surface area (Å²) in [4.78, 5) is 24.4. The van der Waals surface area contributed by atoms with E-state index >= 15 is 0 Å². The summed E-state index contributed by atoms with van der Waals surface area (Å²) in [5.41, 5.74) is 1.70. The molecule has 8 heteroatoms. The van der Waals surface area contributed by atoms with Gasteiger partial charge in [0.2, 0.25) is 5.91 Å². The fraction of sp³-hybridized carbons (Fsp3) is 0.333. The first-order valence-electron chi connectivity index (χ1n) is 8.31. The molecule has 0 bridgehead atoms. The zero-order valence-corrected chi connectivity index (χ0v) is 16.2. The molecule has 0 aliphatic heterocycles. The predicted molar refractivity (Wildman–Crippen MR) is 101 cm³/mol. The fourth-order valence-electron chi connectivity index (χ4n) is 2.81. The summed E-state index contributed by atoms with van der Waals surface area (Å²) >= 11 is 3.45. The quantitative estimate of drug-likeness (QED) is 0.664. The van der Waals surface area contributed by atoms with Gasteiger partial charge < -0.3 is 9.84 Å². The van der Waals surface area contributed by atoms with Crippen molar-refractivity contribution in [1.29, 1.82) is 0 Å². The van der Waals surface area contributed by atoms with Crippen molar-refractivity contribution in [3.05, 3.63) is 56.1 Å². The highest BCUT2D eigenvalue weighted by Gasteiger charge is 2.15. The molecular formula is C18H19BrN4O3. The summed E-state index contributed by atoms with van der Waals surface area (Å²) < 4.78 is 7.40. The number of amides is 1. The zero-order valence-electron chi connectivity index (χ0n) is 14.6. The maximum atomic E-state index is 12.4. The smallest absolute Gasteiger partial charge is 0.296 e. The van der Waals surface area contributed by atoms with Crippen molar-refractivity contribution in [1.82, 2.24) is 20.3 Å². The van der Waals surface area contributed by atoms with E-state index in [1.807, 2.05) is 31.2 Å². The van der Waals surface area contributed by atoms with Crippen LogP contribution in [0.5, 0.6) is 0 Å². The van der Waals surface area contributed by atoms with Gasteiger partial charge in [-0.05, 0) is 31.9 Å². The van der Waals surface area contributed by atoms with Crippen LogP contribution in [0.2, 0.25) is 0 Å². The standard InChI is InChI=1S/C18H19BrN4O3/c1-11-16-12(2)26-22-17(16)18(25)23(21-11)9-5-8-15(24)20-10-13-6-3-4-7-14(13)19/h3-4,6-7H,5,8-10H2,1-2H3,(H,20,24). The second-order valence-corrected chi connectivity index (χ2v) is 6.90. The lowest BCUT2D eigenvalue weighted by Crippen LogP contribution is -2.26. The molecule has 0 fully saturated rings. The van der Waals surface area contributed by atoms with Gasteiger partial charge in [-0.15, -0.1) is 0 Å². The van der Waals surface area contributed by atoms with E-state index in [-0.39, 0.29) is 17.0 Å². The Hall–Kier alpha value is -2.48. The first-order valence-corrected chi connectivity index (χ1v) is 9.10. The highest BCUT2D eigenvalue weighted by atomic mass is 79.9. The Bertz CT molecular complexity index is 1010. The van der Waals surface area contributed by atoms with Crippen molar-refractivity contribution in [2.45, 2.75) is 39.8 Å². The SMILES string of the molecule is Cc1nn(CCCC(=O)NCc2ccccc2Br)c(=O)c2noc(C)c12. The van der Waals surface area contributed by atoms with E-state index in [1.165, 1.54) is 4.68 Å². The van der Waals surface area contributed by atoms with Gasteiger partial charge in [-0.2, -0.15) is 5.10 Å². The number of carbonyl (C=O) groups excluding carboxylic acids is 1. The molecule has 1 N–H and O–H groups in total. The summed E-state index contributed by atoms with van der Waals surface area (Å²) in [6.45, 7) is 4.38. The van der Waals surface area contributed by atoms with Crippen LogP contribution in [-0.2, 0) is 17.9 Å². The molecule has 0 aliphatic carbocycles. The maximum Gasteiger partial charge on any atom is 0.296 e. The molecule has 0 unspecified atom stereocenters. The number of nitrogens with zero attached hydrogens (tertiary/aromatic N) is 3. The van der Waals surface area contributed by atoms with Gasteiger partial charge in [0.05, 0.1) is 11.1 Å². The number of rotatable bonds is 6. The van der Waals surface area contributed by atoms with Crippen LogP contribution in [0.4, 0.5) is 0 Å². The third-order valence-corrected chi connectivity index (χ3v) is 4.91. The van der Waals surface area contributed by atoms with Crippen LogP contribution < -0.4 is 10.9 Å². The molecule has 0 saturated carbocycles. The average Bonchev–Trinajstić information content (AvgIpc) is 3.01. The lowest BCUT2D eigenvalue weighted by atomic mass is 10.2. The Balaban J connectivity index is 1.57. The molecule has 2 aromatic heterocycles. The molecule has 0 atom stereocenters. The van der Waals surface area contributed by atoms with Crippen LogP contribution >= 0.6 is 15.9 Å². The predicted octanol–water partition coefficient (Wildman–Crippen LogP) is 2.86. The monoisotopic (exact) mass is 418 g/mol. The lowest BCUT2D eigenvalue weighted by Gasteiger charge is -2.08. The molecular weight excluding hydrogens is 400 g/mol. The van der Waals surface area contributed by atoms with Gasteiger partial charge in [0, 0.05) is 24.0 Å². The number of halogens is 1. The molecule has 0 radical (unpaired) electrons. The second-order valence-electron chi connectivity index (χ2n) is 6.05. The van der Waals surface area contributed by atoms with Crippen molar-refractivity contribution in [3.63, 3.8) is 0 Å². The van der Waals surface area contributed by atoms with E-state index in [1.54, 1.807) is 6.92 Å².